The number of aryl methyl sites for hydroxylation is 1. The lowest BCUT2D eigenvalue weighted by molar-refractivity contribution is 0.413. The van der Waals surface area contributed by atoms with Crippen molar-refractivity contribution in [2.75, 3.05) is 7.11 Å². The van der Waals surface area contributed by atoms with Gasteiger partial charge >= 0.3 is 0 Å². The molecule has 0 aliphatic carbocycles. The van der Waals surface area contributed by atoms with Crippen molar-refractivity contribution in [3.05, 3.63) is 65.7 Å². The average Bonchev–Trinajstić information content (AvgIpc) is 2.52. The molecule has 20 heavy (non-hydrogen) atoms. The standard InChI is InChI=1S/C18H23NO/c1-15(11-12-16-7-4-3-5-8-16)19-14-17-9-6-10-18(13-17)20-2/h3-10,13,15,19H,11-12,14H2,1-2H3. The molecular formula is C18H23NO. The Kier molecular flexibility index (Phi) is 5.63. The van der Waals surface area contributed by atoms with Gasteiger partial charge in [0.25, 0.3) is 0 Å². The van der Waals surface area contributed by atoms with E-state index < -0.39 is 0 Å². The Morgan fingerprint density at radius 1 is 1.00 bits per heavy atom. The molecular weight excluding hydrogens is 246 g/mol. The van der Waals surface area contributed by atoms with Crippen LogP contribution in [0.5, 0.6) is 5.75 Å². The van der Waals surface area contributed by atoms with Crippen LogP contribution in [0.1, 0.15) is 24.5 Å². The van der Waals surface area contributed by atoms with E-state index in [4.69, 9.17) is 4.74 Å². The van der Waals surface area contributed by atoms with Gasteiger partial charge in [0.1, 0.15) is 5.75 Å². The van der Waals surface area contributed by atoms with Gasteiger partial charge < -0.3 is 10.1 Å². The molecule has 0 aliphatic rings. The van der Waals surface area contributed by atoms with Crippen LogP contribution in [0, 0.1) is 0 Å². The lowest BCUT2D eigenvalue weighted by atomic mass is 10.1. The number of hydrogen-bond acceptors (Lipinski definition) is 2. The maximum absolute atomic E-state index is 5.24. The first-order valence-corrected chi connectivity index (χ1v) is 7.18. The molecule has 2 rings (SSSR count). The predicted octanol–water partition coefficient (Wildman–Crippen LogP) is 3.81. The summed E-state index contributed by atoms with van der Waals surface area (Å²) in [6, 6.07) is 19.4. The van der Waals surface area contributed by atoms with Crippen LogP contribution >= 0.6 is 0 Å². The maximum atomic E-state index is 5.24. The lowest BCUT2D eigenvalue weighted by Gasteiger charge is -2.14. The summed E-state index contributed by atoms with van der Waals surface area (Å²) in [4.78, 5) is 0. The molecule has 0 saturated carbocycles. The first kappa shape index (κ1) is 14.6. The van der Waals surface area contributed by atoms with Gasteiger partial charge in [0.05, 0.1) is 7.11 Å². The predicted molar refractivity (Wildman–Crippen MR) is 84.1 cm³/mol. The summed E-state index contributed by atoms with van der Waals surface area (Å²) in [6.07, 6.45) is 2.26. The van der Waals surface area contributed by atoms with Crippen LogP contribution in [0.3, 0.4) is 0 Å². The normalized spacial score (nSPS) is 12.1. The second kappa shape index (κ2) is 7.71. The summed E-state index contributed by atoms with van der Waals surface area (Å²) in [5, 5.41) is 3.56. The summed E-state index contributed by atoms with van der Waals surface area (Å²) >= 11 is 0. The second-order valence-corrected chi connectivity index (χ2v) is 5.16. The fourth-order valence-corrected chi connectivity index (χ4v) is 2.20. The number of benzene rings is 2. The van der Waals surface area contributed by atoms with E-state index in [0.717, 1.165) is 25.1 Å². The Hall–Kier alpha value is -1.80. The van der Waals surface area contributed by atoms with E-state index in [1.807, 2.05) is 12.1 Å². The molecule has 1 unspecified atom stereocenters. The van der Waals surface area contributed by atoms with Gasteiger partial charge in [0.2, 0.25) is 0 Å². The van der Waals surface area contributed by atoms with E-state index in [-0.39, 0.29) is 0 Å². The van der Waals surface area contributed by atoms with Crippen LogP contribution in [0.2, 0.25) is 0 Å². The van der Waals surface area contributed by atoms with Crippen LogP contribution in [-0.2, 0) is 13.0 Å². The third-order valence-electron chi connectivity index (χ3n) is 3.50. The van der Waals surface area contributed by atoms with Gasteiger partial charge in [-0.15, -0.1) is 0 Å². The van der Waals surface area contributed by atoms with Gasteiger partial charge in [-0.3, -0.25) is 0 Å². The van der Waals surface area contributed by atoms with E-state index in [1.165, 1.54) is 11.1 Å². The van der Waals surface area contributed by atoms with Gasteiger partial charge in [-0.25, -0.2) is 0 Å². The molecule has 0 saturated heterocycles. The SMILES string of the molecule is COc1cccc(CNC(C)CCc2ccccc2)c1. The number of methoxy groups -OCH3 is 1. The zero-order chi connectivity index (χ0) is 14.2. The Bertz CT molecular complexity index is 510. The monoisotopic (exact) mass is 269 g/mol. The second-order valence-electron chi connectivity index (χ2n) is 5.16. The zero-order valence-corrected chi connectivity index (χ0v) is 12.3. The van der Waals surface area contributed by atoms with E-state index in [1.54, 1.807) is 7.11 Å². The molecule has 2 heteroatoms. The average molecular weight is 269 g/mol. The molecule has 2 aromatic carbocycles. The van der Waals surface area contributed by atoms with Crippen molar-refractivity contribution in [2.45, 2.75) is 32.4 Å². The number of nitrogens with one attached hydrogen (secondary N) is 1. The molecule has 0 spiro atoms. The summed E-state index contributed by atoms with van der Waals surface area (Å²) < 4.78 is 5.24. The van der Waals surface area contributed by atoms with Gasteiger partial charge in [-0.05, 0) is 43.0 Å². The minimum atomic E-state index is 0.501. The van der Waals surface area contributed by atoms with Gasteiger partial charge in [-0.2, -0.15) is 0 Å². The topological polar surface area (TPSA) is 21.3 Å². The third kappa shape index (κ3) is 4.71. The Morgan fingerprint density at radius 2 is 1.75 bits per heavy atom. The molecule has 0 radical (unpaired) electrons. The van der Waals surface area contributed by atoms with Crippen molar-refractivity contribution in [1.29, 1.82) is 0 Å². The summed E-state index contributed by atoms with van der Waals surface area (Å²) in [5.74, 6) is 0.918. The molecule has 2 aromatic rings. The minimum Gasteiger partial charge on any atom is -0.497 e. The zero-order valence-electron chi connectivity index (χ0n) is 12.3. The molecule has 106 valence electrons. The molecule has 0 aliphatic heterocycles. The lowest BCUT2D eigenvalue weighted by Crippen LogP contribution is -2.25. The highest BCUT2D eigenvalue weighted by Crippen LogP contribution is 2.12. The Morgan fingerprint density at radius 3 is 2.50 bits per heavy atom. The Labute approximate surface area is 121 Å². The first-order chi connectivity index (χ1) is 9.78. The fraction of sp³-hybridized carbons (Fsp3) is 0.333. The summed E-state index contributed by atoms with van der Waals surface area (Å²) in [7, 11) is 1.70. The van der Waals surface area contributed by atoms with Gasteiger partial charge in [-0.1, -0.05) is 42.5 Å². The minimum absolute atomic E-state index is 0.501. The van der Waals surface area contributed by atoms with Crippen molar-refractivity contribution in [1.82, 2.24) is 5.32 Å². The third-order valence-corrected chi connectivity index (χ3v) is 3.50. The summed E-state index contributed by atoms with van der Waals surface area (Å²) in [5.41, 5.74) is 2.67. The van der Waals surface area contributed by atoms with Gasteiger partial charge in [0.15, 0.2) is 0 Å². The highest BCUT2D eigenvalue weighted by atomic mass is 16.5. The highest BCUT2D eigenvalue weighted by molar-refractivity contribution is 5.28. The molecule has 1 atom stereocenters. The van der Waals surface area contributed by atoms with Crippen molar-refractivity contribution in [2.24, 2.45) is 0 Å². The van der Waals surface area contributed by atoms with Crippen molar-refractivity contribution in [3.8, 4) is 5.75 Å². The van der Waals surface area contributed by atoms with Crippen LogP contribution in [0.25, 0.3) is 0 Å². The van der Waals surface area contributed by atoms with E-state index in [0.29, 0.717) is 6.04 Å². The number of ether oxygens (including phenoxy) is 1. The van der Waals surface area contributed by atoms with Crippen LogP contribution in [0.15, 0.2) is 54.6 Å². The molecule has 0 amide bonds. The van der Waals surface area contributed by atoms with Crippen LogP contribution in [-0.4, -0.2) is 13.2 Å². The smallest absolute Gasteiger partial charge is 0.119 e. The highest BCUT2D eigenvalue weighted by Gasteiger charge is 2.03. The van der Waals surface area contributed by atoms with Crippen molar-refractivity contribution >= 4 is 0 Å². The van der Waals surface area contributed by atoms with Gasteiger partial charge in [0, 0.05) is 12.6 Å². The maximum Gasteiger partial charge on any atom is 0.119 e. The van der Waals surface area contributed by atoms with E-state index >= 15 is 0 Å². The largest absolute Gasteiger partial charge is 0.497 e. The van der Waals surface area contributed by atoms with Crippen molar-refractivity contribution < 1.29 is 4.74 Å². The Balaban J connectivity index is 1.75. The molecule has 0 heterocycles. The summed E-state index contributed by atoms with van der Waals surface area (Å²) in [6.45, 7) is 3.12. The molecule has 0 aromatic heterocycles. The first-order valence-electron chi connectivity index (χ1n) is 7.18. The van der Waals surface area contributed by atoms with E-state index in [2.05, 4.69) is 54.7 Å². The quantitative estimate of drug-likeness (QED) is 0.825. The van der Waals surface area contributed by atoms with Crippen LogP contribution in [0.4, 0.5) is 0 Å². The number of rotatable bonds is 7. The molecule has 2 nitrogen and oxygen atoms in total. The molecule has 1 N–H and O–H groups in total. The molecule has 0 fully saturated rings. The van der Waals surface area contributed by atoms with Crippen molar-refractivity contribution in [3.63, 3.8) is 0 Å². The van der Waals surface area contributed by atoms with E-state index in [9.17, 15) is 0 Å². The number of hydrogen-bond donors (Lipinski definition) is 1. The van der Waals surface area contributed by atoms with Crippen LogP contribution < -0.4 is 10.1 Å². The molecule has 0 bridgehead atoms. The fourth-order valence-electron chi connectivity index (χ4n) is 2.20.